The summed E-state index contributed by atoms with van der Waals surface area (Å²) in [6, 6.07) is 9.10. The third-order valence-corrected chi connectivity index (χ3v) is 3.09. The molecule has 0 radical (unpaired) electrons. The van der Waals surface area contributed by atoms with Crippen molar-refractivity contribution in [2.45, 2.75) is 45.6 Å². The predicted molar refractivity (Wildman–Crippen MR) is 76.7 cm³/mol. The van der Waals surface area contributed by atoms with Gasteiger partial charge in [-0.05, 0) is 36.5 Å². The first-order valence-electron chi connectivity index (χ1n) is 6.38. The van der Waals surface area contributed by atoms with Crippen LogP contribution in [0.2, 0.25) is 0 Å². The molecule has 0 saturated heterocycles. The monoisotopic (exact) mass is 234 g/mol. The minimum Gasteiger partial charge on any atom is -0.375 e. The zero-order chi connectivity index (χ0) is 13.1. The minimum atomic E-state index is 0.225. The lowest BCUT2D eigenvalue weighted by Gasteiger charge is -2.23. The highest BCUT2D eigenvalue weighted by Crippen LogP contribution is 2.24. The summed E-state index contributed by atoms with van der Waals surface area (Å²) in [7, 11) is 2.12. The van der Waals surface area contributed by atoms with Gasteiger partial charge < -0.3 is 10.6 Å². The molecule has 0 saturated carbocycles. The fourth-order valence-corrected chi connectivity index (χ4v) is 1.74. The van der Waals surface area contributed by atoms with Gasteiger partial charge in [-0.15, -0.1) is 0 Å². The maximum absolute atomic E-state index is 5.77. The van der Waals surface area contributed by atoms with Gasteiger partial charge in [0.05, 0.1) is 0 Å². The van der Waals surface area contributed by atoms with Crippen LogP contribution in [0.25, 0.3) is 0 Å². The van der Waals surface area contributed by atoms with Crippen LogP contribution >= 0.6 is 0 Å². The van der Waals surface area contributed by atoms with Gasteiger partial charge in [0.2, 0.25) is 0 Å². The van der Waals surface area contributed by atoms with Crippen molar-refractivity contribution in [2.24, 2.45) is 5.73 Å². The van der Waals surface area contributed by atoms with E-state index < -0.39 is 0 Å². The van der Waals surface area contributed by atoms with Crippen LogP contribution in [0.15, 0.2) is 24.3 Å². The molecule has 0 bridgehead atoms. The van der Waals surface area contributed by atoms with Gasteiger partial charge in [-0.2, -0.15) is 0 Å². The van der Waals surface area contributed by atoms with Crippen LogP contribution < -0.4 is 10.6 Å². The van der Waals surface area contributed by atoms with Crippen molar-refractivity contribution in [1.29, 1.82) is 0 Å². The molecule has 96 valence electrons. The SMILES string of the molecule is CC(N)CCN(C)c1ccc(C(C)(C)C)cc1. The number of benzene rings is 1. The zero-order valence-corrected chi connectivity index (χ0v) is 11.8. The minimum absolute atomic E-state index is 0.225. The quantitative estimate of drug-likeness (QED) is 0.867. The number of hydrogen-bond donors (Lipinski definition) is 1. The van der Waals surface area contributed by atoms with Crippen LogP contribution in [0.4, 0.5) is 5.69 Å². The molecular weight excluding hydrogens is 208 g/mol. The Morgan fingerprint density at radius 3 is 2.12 bits per heavy atom. The van der Waals surface area contributed by atoms with Gasteiger partial charge in [-0.25, -0.2) is 0 Å². The molecule has 0 spiro atoms. The smallest absolute Gasteiger partial charge is 0.0363 e. The van der Waals surface area contributed by atoms with E-state index in [-0.39, 0.29) is 11.5 Å². The lowest BCUT2D eigenvalue weighted by molar-refractivity contribution is 0.590. The second-order valence-electron chi connectivity index (χ2n) is 5.98. The lowest BCUT2D eigenvalue weighted by atomic mass is 9.87. The van der Waals surface area contributed by atoms with Crippen molar-refractivity contribution >= 4 is 5.69 Å². The fraction of sp³-hybridized carbons (Fsp3) is 0.600. The summed E-state index contributed by atoms with van der Waals surface area (Å²) >= 11 is 0. The second-order valence-corrected chi connectivity index (χ2v) is 5.98. The van der Waals surface area contributed by atoms with E-state index >= 15 is 0 Å². The van der Waals surface area contributed by atoms with Crippen molar-refractivity contribution in [3.05, 3.63) is 29.8 Å². The van der Waals surface area contributed by atoms with Crippen LogP contribution in [-0.2, 0) is 5.41 Å². The Morgan fingerprint density at radius 1 is 1.18 bits per heavy atom. The number of rotatable bonds is 4. The average molecular weight is 234 g/mol. The third-order valence-electron chi connectivity index (χ3n) is 3.09. The molecule has 0 aliphatic carbocycles. The van der Waals surface area contributed by atoms with Gasteiger partial charge in [0.15, 0.2) is 0 Å². The first kappa shape index (κ1) is 14.0. The van der Waals surface area contributed by atoms with Crippen LogP contribution in [0.3, 0.4) is 0 Å². The zero-order valence-electron chi connectivity index (χ0n) is 11.8. The van der Waals surface area contributed by atoms with Crippen LogP contribution in [0, 0.1) is 0 Å². The fourth-order valence-electron chi connectivity index (χ4n) is 1.74. The van der Waals surface area contributed by atoms with Crippen LogP contribution in [0.5, 0.6) is 0 Å². The largest absolute Gasteiger partial charge is 0.375 e. The summed E-state index contributed by atoms with van der Waals surface area (Å²) < 4.78 is 0. The van der Waals surface area contributed by atoms with Gasteiger partial charge in [0.1, 0.15) is 0 Å². The predicted octanol–water partition coefficient (Wildman–Crippen LogP) is 3.16. The normalized spacial score (nSPS) is 13.5. The van der Waals surface area contributed by atoms with Crippen molar-refractivity contribution in [2.75, 3.05) is 18.5 Å². The van der Waals surface area contributed by atoms with Crippen LogP contribution in [0.1, 0.15) is 39.7 Å². The third kappa shape index (κ3) is 4.39. The molecule has 1 rings (SSSR count). The molecule has 2 N–H and O–H groups in total. The molecule has 1 aromatic carbocycles. The molecule has 17 heavy (non-hydrogen) atoms. The van der Waals surface area contributed by atoms with Gasteiger partial charge in [-0.1, -0.05) is 32.9 Å². The van der Waals surface area contributed by atoms with E-state index in [1.807, 2.05) is 0 Å². The lowest BCUT2D eigenvalue weighted by Crippen LogP contribution is -2.25. The van der Waals surface area contributed by atoms with Crippen molar-refractivity contribution in [1.82, 2.24) is 0 Å². The topological polar surface area (TPSA) is 29.3 Å². The van der Waals surface area contributed by atoms with E-state index in [0.29, 0.717) is 0 Å². The Kier molecular flexibility index (Phi) is 4.58. The van der Waals surface area contributed by atoms with Gasteiger partial charge in [0, 0.05) is 25.3 Å². The van der Waals surface area contributed by atoms with E-state index in [0.717, 1.165) is 13.0 Å². The van der Waals surface area contributed by atoms with Crippen molar-refractivity contribution in [3.63, 3.8) is 0 Å². The number of anilines is 1. The Bertz CT molecular complexity index is 333. The summed E-state index contributed by atoms with van der Waals surface area (Å²) in [5, 5.41) is 0. The molecule has 0 aliphatic heterocycles. The van der Waals surface area contributed by atoms with E-state index in [4.69, 9.17) is 5.73 Å². The van der Waals surface area contributed by atoms with E-state index in [1.54, 1.807) is 0 Å². The van der Waals surface area contributed by atoms with Gasteiger partial charge >= 0.3 is 0 Å². The molecule has 1 atom stereocenters. The number of nitrogens with zero attached hydrogens (tertiary/aromatic N) is 1. The molecule has 0 heterocycles. The summed E-state index contributed by atoms with van der Waals surface area (Å²) in [6.45, 7) is 9.77. The standard InChI is InChI=1S/C15H26N2/c1-12(16)10-11-17(5)14-8-6-13(7-9-14)15(2,3)4/h6-9,12H,10-11,16H2,1-5H3. The molecule has 2 nitrogen and oxygen atoms in total. The Hall–Kier alpha value is -1.02. The van der Waals surface area contributed by atoms with Gasteiger partial charge in [0.25, 0.3) is 0 Å². The highest BCUT2D eigenvalue weighted by atomic mass is 15.1. The molecule has 0 amide bonds. The maximum atomic E-state index is 5.77. The Balaban J connectivity index is 2.67. The number of hydrogen-bond acceptors (Lipinski definition) is 2. The molecule has 0 aliphatic rings. The van der Waals surface area contributed by atoms with Crippen molar-refractivity contribution in [3.8, 4) is 0 Å². The highest BCUT2D eigenvalue weighted by Gasteiger charge is 2.13. The van der Waals surface area contributed by atoms with E-state index in [2.05, 4.69) is 63.9 Å². The first-order chi connectivity index (χ1) is 7.80. The second kappa shape index (κ2) is 5.54. The summed E-state index contributed by atoms with van der Waals surface area (Å²) in [5.41, 5.74) is 8.64. The van der Waals surface area contributed by atoms with Crippen molar-refractivity contribution < 1.29 is 0 Å². The molecule has 2 heteroatoms. The molecule has 1 unspecified atom stereocenters. The molecular formula is C15H26N2. The Morgan fingerprint density at radius 2 is 1.71 bits per heavy atom. The Labute approximate surface area is 106 Å². The molecule has 1 aromatic rings. The van der Waals surface area contributed by atoms with Crippen LogP contribution in [-0.4, -0.2) is 19.6 Å². The maximum Gasteiger partial charge on any atom is 0.0363 e. The van der Waals surface area contributed by atoms with E-state index in [9.17, 15) is 0 Å². The summed E-state index contributed by atoms with van der Waals surface area (Å²) in [4.78, 5) is 2.26. The average Bonchev–Trinajstić information content (AvgIpc) is 2.25. The molecule has 0 aromatic heterocycles. The summed E-state index contributed by atoms with van der Waals surface area (Å²) in [6.07, 6.45) is 1.03. The van der Waals surface area contributed by atoms with E-state index in [1.165, 1.54) is 11.3 Å². The first-order valence-corrected chi connectivity index (χ1v) is 6.38. The highest BCUT2D eigenvalue weighted by molar-refractivity contribution is 5.47. The molecule has 0 fully saturated rings. The number of nitrogens with two attached hydrogens (primary N) is 1. The van der Waals surface area contributed by atoms with Gasteiger partial charge in [-0.3, -0.25) is 0 Å². The summed E-state index contributed by atoms with van der Waals surface area (Å²) in [5.74, 6) is 0.